The molecule has 0 bridgehead atoms. The SMILES string of the molecule is CCOC(=O)c1cccc(CC(F)F)c1[C@H]1C[C@H](O[Si](C)(C)C(C)(C)C)c2nc3ccc(-c4cnc(C(C)(C)O[Si](C)(C)C(C)(C)C)nc4)cc3n21. The van der Waals surface area contributed by atoms with Crippen LogP contribution in [0.15, 0.2) is 48.8 Å². The Morgan fingerprint density at radius 2 is 1.56 bits per heavy atom. The molecule has 0 saturated heterocycles. The summed E-state index contributed by atoms with van der Waals surface area (Å²) in [6.07, 6.45) is 0.602. The summed E-state index contributed by atoms with van der Waals surface area (Å²) in [5, 5.41) is -0.0377. The van der Waals surface area contributed by atoms with Crippen molar-refractivity contribution in [2.75, 3.05) is 6.61 Å². The Morgan fingerprint density at radius 3 is 2.13 bits per heavy atom. The summed E-state index contributed by atoms with van der Waals surface area (Å²) in [6.45, 7) is 28.0. The number of imidazole rings is 1. The standard InChI is InChI=1S/C40H56F2N4O4Si2/c1-14-48-36(47)28-17-15-16-26(21-33(41)42)34(28)31-22-32(49-51(10,11)38(2,3)4)35-45-29-19-18-25(20-30(29)46(31)35)27-23-43-37(44-24-27)40(8,9)50-52(12,13)39(5,6)7/h15-20,23-24,31-33H,14,21-22H2,1-13H3/t31-,32+/m1/s1. The van der Waals surface area contributed by atoms with Gasteiger partial charge in [0.15, 0.2) is 22.5 Å². The Morgan fingerprint density at radius 1 is 0.923 bits per heavy atom. The number of hydrogen-bond donors (Lipinski definition) is 0. The van der Waals surface area contributed by atoms with Crippen LogP contribution in [0.5, 0.6) is 0 Å². The van der Waals surface area contributed by atoms with Gasteiger partial charge in [0.1, 0.15) is 17.5 Å². The second kappa shape index (κ2) is 14.1. The van der Waals surface area contributed by atoms with Gasteiger partial charge in [-0.1, -0.05) is 59.7 Å². The highest BCUT2D eigenvalue weighted by atomic mass is 28.4. The molecule has 5 rings (SSSR count). The van der Waals surface area contributed by atoms with Crippen molar-refractivity contribution in [3.63, 3.8) is 0 Å². The van der Waals surface area contributed by atoms with Crippen molar-refractivity contribution in [3.05, 3.63) is 77.1 Å². The van der Waals surface area contributed by atoms with Crippen LogP contribution in [0.3, 0.4) is 0 Å². The lowest BCUT2D eigenvalue weighted by Gasteiger charge is -2.42. The van der Waals surface area contributed by atoms with E-state index in [1.807, 2.05) is 44.4 Å². The number of esters is 1. The maximum absolute atomic E-state index is 14.1. The number of benzene rings is 2. The van der Waals surface area contributed by atoms with E-state index in [0.717, 1.165) is 28.0 Å². The van der Waals surface area contributed by atoms with Gasteiger partial charge in [-0.3, -0.25) is 0 Å². The van der Waals surface area contributed by atoms with Crippen LogP contribution in [-0.4, -0.2) is 55.2 Å². The molecule has 2 aromatic heterocycles. The fourth-order valence-corrected chi connectivity index (χ4v) is 9.44. The highest BCUT2D eigenvalue weighted by Gasteiger charge is 2.46. The van der Waals surface area contributed by atoms with Gasteiger partial charge in [-0.05, 0) is 91.9 Å². The maximum atomic E-state index is 14.1. The number of hydrogen-bond acceptors (Lipinski definition) is 7. The first-order chi connectivity index (χ1) is 24.0. The summed E-state index contributed by atoms with van der Waals surface area (Å²) in [6, 6.07) is 10.5. The van der Waals surface area contributed by atoms with E-state index < -0.39 is 53.2 Å². The van der Waals surface area contributed by atoms with Gasteiger partial charge in [0, 0.05) is 30.8 Å². The fourth-order valence-electron chi connectivity index (χ4n) is 6.50. The van der Waals surface area contributed by atoms with E-state index in [9.17, 15) is 13.6 Å². The average Bonchev–Trinajstić information content (AvgIpc) is 3.56. The largest absolute Gasteiger partial charge is 0.462 e. The lowest BCUT2D eigenvalue weighted by atomic mass is 9.91. The summed E-state index contributed by atoms with van der Waals surface area (Å²) >= 11 is 0. The van der Waals surface area contributed by atoms with Gasteiger partial charge in [-0.25, -0.2) is 28.5 Å². The van der Waals surface area contributed by atoms with Crippen LogP contribution >= 0.6 is 0 Å². The Balaban J connectivity index is 1.64. The number of alkyl halides is 2. The Hall–Kier alpha value is -3.33. The number of carbonyl (C=O) groups is 1. The number of aromatic nitrogens is 4. The Labute approximate surface area is 310 Å². The predicted octanol–water partition coefficient (Wildman–Crippen LogP) is 10.8. The van der Waals surface area contributed by atoms with Crippen molar-refractivity contribution in [1.82, 2.24) is 19.5 Å². The summed E-state index contributed by atoms with van der Waals surface area (Å²) < 4.78 is 49.5. The minimum atomic E-state index is -2.59. The average molecular weight is 751 g/mol. The van der Waals surface area contributed by atoms with E-state index in [-0.39, 0.29) is 22.2 Å². The number of fused-ring (bicyclic) bond motifs is 3. The Bertz CT molecular complexity index is 1930. The highest BCUT2D eigenvalue weighted by molar-refractivity contribution is 6.74. The van der Waals surface area contributed by atoms with Crippen molar-refractivity contribution in [2.45, 2.75) is 136 Å². The third-order valence-electron chi connectivity index (χ3n) is 11.2. The number of nitrogens with zero attached hydrogens (tertiary/aromatic N) is 4. The zero-order chi connectivity index (χ0) is 38.6. The molecule has 0 amide bonds. The third-order valence-corrected chi connectivity index (χ3v) is 20.4. The van der Waals surface area contributed by atoms with Gasteiger partial charge in [-0.2, -0.15) is 0 Å². The second-order valence-corrected chi connectivity index (χ2v) is 27.0. The lowest BCUT2D eigenvalue weighted by molar-refractivity contribution is 0.0523. The van der Waals surface area contributed by atoms with Gasteiger partial charge >= 0.3 is 5.97 Å². The number of ether oxygens (including phenoxy) is 1. The van der Waals surface area contributed by atoms with E-state index in [1.165, 1.54) is 0 Å². The molecule has 0 N–H and O–H groups in total. The first-order valence-corrected chi connectivity index (χ1v) is 24.1. The van der Waals surface area contributed by atoms with E-state index in [4.69, 9.17) is 28.5 Å². The molecule has 282 valence electrons. The molecule has 3 heterocycles. The molecular weight excluding hydrogens is 695 g/mol. The topological polar surface area (TPSA) is 88.4 Å². The van der Waals surface area contributed by atoms with Gasteiger partial charge in [0.25, 0.3) is 0 Å². The van der Waals surface area contributed by atoms with Gasteiger partial charge in [0.2, 0.25) is 6.43 Å². The molecular formula is C40H56F2N4O4Si2. The van der Waals surface area contributed by atoms with Gasteiger partial charge in [-0.15, -0.1) is 0 Å². The molecule has 12 heteroatoms. The fraction of sp³-hybridized carbons (Fsp3) is 0.550. The van der Waals surface area contributed by atoms with Crippen molar-refractivity contribution >= 4 is 33.6 Å². The van der Waals surface area contributed by atoms with E-state index in [1.54, 1.807) is 25.1 Å². The van der Waals surface area contributed by atoms with Crippen molar-refractivity contribution < 1.29 is 27.2 Å². The zero-order valence-electron chi connectivity index (χ0n) is 33.1. The summed E-state index contributed by atoms with van der Waals surface area (Å²) in [4.78, 5) is 28.1. The molecule has 0 spiro atoms. The molecule has 8 nitrogen and oxygen atoms in total. The van der Waals surface area contributed by atoms with E-state index >= 15 is 0 Å². The molecule has 4 aromatic rings. The van der Waals surface area contributed by atoms with Crippen LogP contribution in [0.1, 0.15) is 114 Å². The molecule has 0 saturated carbocycles. The van der Waals surface area contributed by atoms with Crippen LogP contribution in [0, 0.1) is 0 Å². The van der Waals surface area contributed by atoms with Crippen LogP contribution in [0.2, 0.25) is 36.3 Å². The number of rotatable bonds is 11. The third kappa shape index (κ3) is 7.81. The molecule has 0 aliphatic carbocycles. The molecule has 0 radical (unpaired) electrons. The Kier molecular flexibility index (Phi) is 10.8. The maximum Gasteiger partial charge on any atom is 0.338 e. The highest BCUT2D eigenvalue weighted by Crippen LogP contribution is 2.49. The number of halogens is 2. The van der Waals surface area contributed by atoms with E-state index in [2.05, 4.69) is 72.3 Å². The molecule has 1 aliphatic rings. The van der Waals surface area contributed by atoms with Gasteiger partial charge < -0.3 is 18.2 Å². The first kappa shape index (κ1) is 39.9. The molecule has 1 aliphatic heterocycles. The minimum absolute atomic E-state index is 0.0365. The van der Waals surface area contributed by atoms with Crippen molar-refractivity contribution in [3.8, 4) is 11.1 Å². The first-order valence-electron chi connectivity index (χ1n) is 18.3. The van der Waals surface area contributed by atoms with E-state index in [0.29, 0.717) is 23.4 Å². The van der Waals surface area contributed by atoms with Crippen molar-refractivity contribution in [2.24, 2.45) is 0 Å². The van der Waals surface area contributed by atoms with Crippen LogP contribution in [-0.2, 0) is 25.6 Å². The second-order valence-electron chi connectivity index (χ2n) is 17.5. The molecule has 2 aromatic carbocycles. The number of carbonyl (C=O) groups excluding carboxylic acids is 1. The van der Waals surface area contributed by atoms with Crippen LogP contribution in [0.25, 0.3) is 22.2 Å². The monoisotopic (exact) mass is 750 g/mol. The normalized spacial score (nSPS) is 17.2. The molecule has 0 unspecified atom stereocenters. The summed E-state index contributed by atoms with van der Waals surface area (Å²) in [7, 11) is -4.40. The van der Waals surface area contributed by atoms with Crippen LogP contribution in [0.4, 0.5) is 8.78 Å². The zero-order valence-corrected chi connectivity index (χ0v) is 35.1. The lowest BCUT2D eigenvalue weighted by Crippen LogP contribution is -2.46. The molecule has 2 atom stereocenters. The quantitative estimate of drug-likeness (QED) is 0.111. The summed E-state index contributed by atoms with van der Waals surface area (Å²) in [5.41, 5.74) is 3.81. The smallest absolute Gasteiger partial charge is 0.338 e. The predicted molar refractivity (Wildman–Crippen MR) is 208 cm³/mol. The summed E-state index contributed by atoms with van der Waals surface area (Å²) in [5.74, 6) is 0.798. The van der Waals surface area contributed by atoms with Crippen LogP contribution < -0.4 is 0 Å². The molecule has 0 fully saturated rings. The minimum Gasteiger partial charge on any atom is -0.462 e. The van der Waals surface area contributed by atoms with Crippen molar-refractivity contribution in [1.29, 1.82) is 0 Å². The molecule has 52 heavy (non-hydrogen) atoms. The van der Waals surface area contributed by atoms with Gasteiger partial charge in [0.05, 0.1) is 29.2 Å².